The second-order valence-electron chi connectivity index (χ2n) is 4.23. The van der Waals surface area contributed by atoms with Crippen molar-refractivity contribution in [1.29, 1.82) is 0 Å². The molecule has 23 heavy (non-hydrogen) atoms. The first-order chi connectivity index (χ1) is 10.3. The zero-order valence-electron chi connectivity index (χ0n) is 14.4. The minimum atomic E-state index is -0.694. The van der Waals surface area contributed by atoms with Crippen molar-refractivity contribution in [2.45, 2.75) is 70.8 Å². The summed E-state index contributed by atoms with van der Waals surface area (Å²) in [6.07, 6.45) is 0.983. The van der Waals surface area contributed by atoms with Crippen LogP contribution in [-0.4, -0.2) is 50.5 Å². The van der Waals surface area contributed by atoms with Gasteiger partial charge in [-0.05, 0) is 34.6 Å². The van der Waals surface area contributed by atoms with Gasteiger partial charge in [-0.1, -0.05) is 41.7 Å². The molecule has 4 atom stereocenters. The van der Waals surface area contributed by atoms with Crippen LogP contribution >= 0.6 is 46.4 Å². The average Bonchev–Trinajstić information content (AvgIpc) is 3.02. The van der Waals surface area contributed by atoms with E-state index in [4.69, 9.17) is 56.6 Å². The number of Topliss-reactive ketones (excluding diaryl/α,β-unsaturated/α-hetero) is 2. The summed E-state index contributed by atoms with van der Waals surface area (Å²) >= 11 is 20.0. The SMILES string of the molecule is CC(=O)CCl.CC(O)Cl.CC(O)Cl.CC1OC1Cl.CCC(C)=O. The Balaban J connectivity index is -0.0000000986. The van der Waals surface area contributed by atoms with E-state index in [1.807, 2.05) is 13.8 Å². The van der Waals surface area contributed by atoms with Crippen molar-refractivity contribution in [3.8, 4) is 0 Å². The van der Waals surface area contributed by atoms with Crippen LogP contribution in [0.4, 0.5) is 0 Å². The van der Waals surface area contributed by atoms with Crippen molar-refractivity contribution in [1.82, 2.24) is 0 Å². The third kappa shape index (κ3) is 86.3. The van der Waals surface area contributed by atoms with Gasteiger partial charge in [0.2, 0.25) is 0 Å². The number of ether oxygens (including phenoxy) is 1. The van der Waals surface area contributed by atoms with Gasteiger partial charge in [0.25, 0.3) is 0 Å². The van der Waals surface area contributed by atoms with Crippen molar-refractivity contribution >= 4 is 58.0 Å². The minimum Gasteiger partial charge on any atom is -0.378 e. The first kappa shape index (κ1) is 31.2. The smallest absolute Gasteiger partial charge is 0.157 e. The number of halogens is 4. The molecule has 142 valence electrons. The maximum atomic E-state index is 9.81. The molecule has 9 heteroatoms. The van der Waals surface area contributed by atoms with Gasteiger partial charge in [0.05, 0.1) is 12.0 Å². The Morgan fingerprint density at radius 1 is 1.09 bits per heavy atom. The van der Waals surface area contributed by atoms with Crippen LogP contribution < -0.4 is 0 Å². The van der Waals surface area contributed by atoms with Gasteiger partial charge in [0.15, 0.2) is 5.56 Å². The number of alkyl halides is 4. The Bertz CT molecular complexity index is 244. The summed E-state index contributed by atoms with van der Waals surface area (Å²) in [6, 6.07) is 0. The van der Waals surface area contributed by atoms with Crippen LogP contribution in [0, 0.1) is 0 Å². The first-order valence-electron chi connectivity index (χ1n) is 6.80. The molecule has 4 unspecified atom stereocenters. The van der Waals surface area contributed by atoms with Crippen LogP contribution in [0.25, 0.3) is 0 Å². The number of aliphatic hydroxyl groups excluding tert-OH is 2. The second-order valence-corrected chi connectivity index (χ2v) is 6.19. The Morgan fingerprint density at radius 3 is 1.22 bits per heavy atom. The van der Waals surface area contributed by atoms with Crippen molar-refractivity contribution in [2.75, 3.05) is 5.88 Å². The lowest BCUT2D eigenvalue weighted by atomic mass is 10.4. The lowest BCUT2D eigenvalue weighted by molar-refractivity contribution is -0.117. The Labute approximate surface area is 159 Å². The number of epoxide rings is 1. The number of carbonyl (C=O) groups is 2. The van der Waals surface area contributed by atoms with Crippen LogP contribution in [-0.2, 0) is 14.3 Å². The fourth-order valence-electron chi connectivity index (χ4n) is 0.160. The molecule has 0 bridgehead atoms. The highest BCUT2D eigenvalue weighted by atomic mass is 35.5. The van der Waals surface area contributed by atoms with E-state index >= 15 is 0 Å². The van der Waals surface area contributed by atoms with Crippen LogP contribution in [0.15, 0.2) is 0 Å². The predicted molar refractivity (Wildman–Crippen MR) is 97.6 cm³/mol. The van der Waals surface area contributed by atoms with E-state index in [-0.39, 0.29) is 23.0 Å². The monoisotopic (exact) mass is 416 g/mol. The van der Waals surface area contributed by atoms with E-state index in [1.54, 1.807) is 6.92 Å². The largest absolute Gasteiger partial charge is 0.378 e. The van der Waals surface area contributed by atoms with Crippen LogP contribution in [0.2, 0.25) is 0 Å². The van der Waals surface area contributed by atoms with Gasteiger partial charge in [-0.2, -0.15) is 0 Å². The van der Waals surface area contributed by atoms with Crippen LogP contribution in [0.3, 0.4) is 0 Å². The second kappa shape index (κ2) is 22.4. The molecule has 1 saturated heterocycles. The molecule has 1 fully saturated rings. The summed E-state index contributed by atoms with van der Waals surface area (Å²) in [7, 11) is 0. The molecule has 0 amide bonds. The number of carbonyl (C=O) groups excluding carboxylic acids is 2. The van der Waals surface area contributed by atoms with Crippen molar-refractivity contribution < 1.29 is 24.5 Å². The van der Waals surface area contributed by atoms with Crippen molar-refractivity contribution in [3.63, 3.8) is 0 Å². The molecule has 0 aromatic rings. The standard InChI is InChI=1S/C4H8O.2C3H5ClO.2C2H5ClO/c1-3-4(2)5;1-2-3(4)5-2;1-3(5)2-4;2*1-2(3)4/h3H2,1-2H3;2-3H,1H3;2H2,1H3;2*2,4H,1H3. The Hall–Kier alpha value is 0.380. The van der Waals surface area contributed by atoms with Crippen LogP contribution in [0.5, 0.6) is 0 Å². The molecular formula is C14H28Cl4O5. The number of rotatable bonds is 2. The Kier molecular flexibility index (Phi) is 30.3. The van der Waals surface area contributed by atoms with Gasteiger partial charge in [0.1, 0.15) is 22.7 Å². The van der Waals surface area contributed by atoms with Gasteiger partial charge in [-0.3, -0.25) is 4.79 Å². The highest BCUT2D eigenvalue weighted by Gasteiger charge is 2.30. The lowest BCUT2D eigenvalue weighted by Crippen LogP contribution is -1.86. The zero-order valence-corrected chi connectivity index (χ0v) is 17.4. The minimum absolute atomic E-state index is 0.0201. The highest BCUT2D eigenvalue weighted by Crippen LogP contribution is 2.23. The summed E-state index contributed by atoms with van der Waals surface area (Å²) < 4.78 is 4.68. The molecule has 1 heterocycles. The quantitative estimate of drug-likeness (QED) is 0.525. The molecule has 0 saturated carbocycles. The van der Waals surface area contributed by atoms with E-state index in [0.29, 0.717) is 12.5 Å². The predicted octanol–water partition coefficient (Wildman–Crippen LogP) is 3.90. The maximum Gasteiger partial charge on any atom is 0.157 e. The summed E-state index contributed by atoms with van der Waals surface area (Å²) in [6.45, 7) is 9.80. The molecule has 0 aliphatic carbocycles. The number of ketones is 2. The summed E-state index contributed by atoms with van der Waals surface area (Å²) in [5, 5.41) is 15.6. The van der Waals surface area contributed by atoms with E-state index in [9.17, 15) is 9.59 Å². The molecule has 5 nitrogen and oxygen atoms in total. The molecule has 0 spiro atoms. The molecule has 1 aliphatic rings. The molecule has 1 aliphatic heterocycles. The molecule has 0 aromatic heterocycles. The van der Waals surface area contributed by atoms with E-state index in [2.05, 4.69) is 4.74 Å². The third-order valence-electron chi connectivity index (χ3n) is 1.32. The number of aliphatic hydroxyl groups is 2. The van der Waals surface area contributed by atoms with Crippen molar-refractivity contribution in [2.24, 2.45) is 0 Å². The van der Waals surface area contributed by atoms with Gasteiger partial charge in [-0.15, -0.1) is 11.6 Å². The third-order valence-corrected chi connectivity index (χ3v) is 2.16. The first-order valence-corrected chi connectivity index (χ1v) is 8.64. The van der Waals surface area contributed by atoms with E-state index in [0.717, 1.165) is 0 Å². The number of hydrogen-bond donors (Lipinski definition) is 2. The number of hydrogen-bond acceptors (Lipinski definition) is 5. The maximum absolute atomic E-state index is 9.81. The van der Waals surface area contributed by atoms with Gasteiger partial charge < -0.3 is 19.7 Å². The van der Waals surface area contributed by atoms with E-state index in [1.165, 1.54) is 20.8 Å². The average molecular weight is 418 g/mol. The molecule has 1 rings (SSSR count). The molecule has 0 aromatic carbocycles. The van der Waals surface area contributed by atoms with Crippen molar-refractivity contribution in [3.05, 3.63) is 0 Å². The normalized spacial score (nSPS) is 19.5. The molecule has 2 N–H and O–H groups in total. The van der Waals surface area contributed by atoms with Crippen LogP contribution in [0.1, 0.15) is 48.0 Å². The topological polar surface area (TPSA) is 87.1 Å². The molecule has 0 radical (unpaired) electrons. The van der Waals surface area contributed by atoms with Gasteiger partial charge >= 0.3 is 0 Å². The van der Waals surface area contributed by atoms with Gasteiger partial charge in [-0.25, -0.2) is 0 Å². The fraction of sp³-hybridized carbons (Fsp3) is 0.857. The highest BCUT2D eigenvalue weighted by molar-refractivity contribution is 6.27. The Morgan fingerprint density at radius 2 is 1.22 bits per heavy atom. The zero-order chi connectivity index (χ0) is 19.6. The van der Waals surface area contributed by atoms with E-state index < -0.39 is 11.1 Å². The summed E-state index contributed by atoms with van der Waals surface area (Å²) in [4.78, 5) is 19.5. The molecular weight excluding hydrogens is 390 g/mol. The summed E-state index contributed by atoms with van der Waals surface area (Å²) in [5.41, 5.74) is -1.37. The fourth-order valence-corrected chi connectivity index (χ4v) is 0.322. The summed E-state index contributed by atoms with van der Waals surface area (Å²) in [5.74, 6) is 0.414. The lowest BCUT2D eigenvalue weighted by Gasteiger charge is -1.77. The van der Waals surface area contributed by atoms with Gasteiger partial charge in [0, 0.05) is 6.42 Å².